The molecule has 0 saturated carbocycles. The van der Waals surface area contributed by atoms with E-state index in [0.717, 1.165) is 27.9 Å². The molecule has 1 aromatic heterocycles. The van der Waals surface area contributed by atoms with Gasteiger partial charge in [0.05, 0.1) is 17.8 Å². The van der Waals surface area contributed by atoms with Crippen LogP contribution >= 0.6 is 0 Å². The molecule has 1 heterocycles. The van der Waals surface area contributed by atoms with Crippen molar-refractivity contribution in [2.24, 2.45) is 10.8 Å². The zero-order valence-corrected chi connectivity index (χ0v) is 34.0. The summed E-state index contributed by atoms with van der Waals surface area (Å²) in [7, 11) is 1.67. The predicted molar refractivity (Wildman–Crippen MR) is 222 cm³/mol. The Hall–Kier alpha value is -5.75. The summed E-state index contributed by atoms with van der Waals surface area (Å²) in [6.45, 7) is 11.2. The van der Waals surface area contributed by atoms with Gasteiger partial charge in [-0.3, -0.25) is 14.6 Å². The van der Waals surface area contributed by atoms with Crippen molar-refractivity contribution in [3.63, 3.8) is 0 Å². The lowest BCUT2D eigenvalue weighted by atomic mass is 9.85. The van der Waals surface area contributed by atoms with Crippen LogP contribution in [0, 0.1) is 10.8 Å². The summed E-state index contributed by atoms with van der Waals surface area (Å²) in [4.78, 5) is 59.1. The molecule has 6 N–H and O–H groups in total. The Morgan fingerprint density at radius 2 is 1.18 bits per heavy atom. The van der Waals surface area contributed by atoms with E-state index in [2.05, 4.69) is 26.3 Å². The van der Waals surface area contributed by atoms with Crippen molar-refractivity contribution < 1.29 is 29.4 Å². The van der Waals surface area contributed by atoms with Gasteiger partial charge in [-0.25, -0.2) is 9.59 Å². The van der Waals surface area contributed by atoms with Crippen LogP contribution in [0.2, 0.25) is 0 Å². The number of nitrogens with one attached hydrogen (secondary N) is 4. The molecule has 5 atom stereocenters. The molecule has 57 heavy (non-hydrogen) atoms. The minimum atomic E-state index is -1.33. The van der Waals surface area contributed by atoms with Gasteiger partial charge >= 0.3 is 12.1 Å². The zero-order chi connectivity index (χ0) is 41.8. The Morgan fingerprint density at radius 3 is 1.72 bits per heavy atom. The topological polar surface area (TPSA) is 173 Å². The first-order chi connectivity index (χ1) is 26.9. The molecular formula is C45H58N6O6. The third kappa shape index (κ3) is 13.7. The number of hydrogen-bond donors (Lipinski definition) is 6. The third-order valence-electron chi connectivity index (χ3n) is 9.76. The maximum atomic E-state index is 14.2. The van der Waals surface area contributed by atoms with E-state index in [1.807, 2.05) is 124 Å². The van der Waals surface area contributed by atoms with Crippen molar-refractivity contribution in [3.8, 4) is 11.3 Å². The number of carbonyl (C=O) groups excluding carboxylic acids is 3. The van der Waals surface area contributed by atoms with Gasteiger partial charge in [0.25, 0.3) is 0 Å². The first kappa shape index (κ1) is 44.0. The molecular weight excluding hydrogens is 721 g/mol. The van der Waals surface area contributed by atoms with Gasteiger partial charge in [-0.1, -0.05) is 133 Å². The van der Waals surface area contributed by atoms with Crippen LogP contribution in [0.5, 0.6) is 0 Å². The monoisotopic (exact) mass is 778 g/mol. The Bertz CT molecular complexity index is 1900. The van der Waals surface area contributed by atoms with Gasteiger partial charge in [0.15, 0.2) is 0 Å². The van der Waals surface area contributed by atoms with Crippen molar-refractivity contribution in [2.75, 3.05) is 7.05 Å². The molecule has 0 fully saturated rings. The summed E-state index contributed by atoms with van der Waals surface area (Å²) in [5.41, 5.74) is 2.93. The summed E-state index contributed by atoms with van der Waals surface area (Å²) < 4.78 is 0. The molecule has 0 unspecified atom stereocenters. The number of amides is 5. The molecule has 0 radical (unpaired) electrons. The Kier molecular flexibility index (Phi) is 15.4. The summed E-state index contributed by atoms with van der Waals surface area (Å²) in [5, 5.41) is 33.0. The van der Waals surface area contributed by atoms with Crippen molar-refractivity contribution in [3.05, 3.63) is 126 Å². The van der Waals surface area contributed by atoms with E-state index < -0.39 is 65.0 Å². The van der Waals surface area contributed by atoms with E-state index in [1.54, 1.807) is 34.0 Å². The fourth-order valence-corrected chi connectivity index (χ4v) is 6.62. The average Bonchev–Trinajstić information content (AvgIpc) is 3.16. The molecule has 12 heteroatoms. The second kappa shape index (κ2) is 19.9. The lowest BCUT2D eigenvalue weighted by Gasteiger charge is -2.35. The van der Waals surface area contributed by atoms with Crippen LogP contribution in [0.15, 0.2) is 109 Å². The summed E-state index contributed by atoms with van der Waals surface area (Å²) >= 11 is 0. The minimum Gasteiger partial charge on any atom is -0.465 e. The van der Waals surface area contributed by atoms with E-state index >= 15 is 0 Å². The van der Waals surface area contributed by atoms with Crippen LogP contribution in [0.4, 0.5) is 9.59 Å². The fraction of sp³-hybridized carbons (Fsp3) is 0.400. The summed E-state index contributed by atoms with van der Waals surface area (Å²) in [6, 6.07) is 28.4. The molecule has 304 valence electrons. The van der Waals surface area contributed by atoms with Crippen LogP contribution in [0.3, 0.4) is 0 Å². The van der Waals surface area contributed by atoms with E-state index in [9.17, 15) is 29.4 Å². The Morgan fingerprint density at radius 1 is 0.649 bits per heavy atom. The number of carboxylic acid groups (broad SMARTS) is 1. The molecule has 0 aliphatic carbocycles. The summed E-state index contributed by atoms with van der Waals surface area (Å²) in [6.07, 6.45) is -0.206. The van der Waals surface area contributed by atoms with Gasteiger partial charge in [0.2, 0.25) is 11.8 Å². The number of urea groups is 1. The zero-order valence-electron chi connectivity index (χ0n) is 34.0. The number of pyridine rings is 1. The van der Waals surface area contributed by atoms with Crippen LogP contribution < -0.4 is 21.3 Å². The standard InChI is InChI=1S/C45H58N6O6/c1-44(2,3)38(49-42(55)51(7)29-32-18-12-9-13-19-32)41(54)48-36(27-30-16-10-8-11-17-30)37(52)28-34(47-40(53)39(45(4,5)6)50-43(56)57)26-31-21-23-33(24-22-31)35-20-14-15-25-46-35/h8-25,34,36-39,50,52H,26-29H2,1-7H3,(H,47,53)(H,48,54)(H,49,55)(H,56,57)/t34-,36+,37+,38-,39-/m1/s1. The highest BCUT2D eigenvalue weighted by molar-refractivity contribution is 5.88. The molecule has 0 aliphatic heterocycles. The maximum Gasteiger partial charge on any atom is 0.405 e. The Labute approximate surface area is 336 Å². The fourth-order valence-electron chi connectivity index (χ4n) is 6.62. The molecule has 5 amide bonds. The maximum absolute atomic E-state index is 14.2. The van der Waals surface area contributed by atoms with Crippen molar-refractivity contribution in [2.45, 2.75) is 97.6 Å². The van der Waals surface area contributed by atoms with Gasteiger partial charge in [-0.15, -0.1) is 0 Å². The van der Waals surface area contributed by atoms with Gasteiger partial charge in [0.1, 0.15) is 12.1 Å². The molecule has 0 bridgehead atoms. The number of aliphatic hydroxyl groups excluding tert-OH is 1. The Balaban J connectivity index is 1.61. The highest BCUT2D eigenvalue weighted by Crippen LogP contribution is 2.24. The molecule has 12 nitrogen and oxygen atoms in total. The second-order valence-electron chi connectivity index (χ2n) is 16.8. The van der Waals surface area contributed by atoms with Crippen LogP contribution in [0.1, 0.15) is 64.7 Å². The van der Waals surface area contributed by atoms with Crippen molar-refractivity contribution >= 4 is 23.9 Å². The predicted octanol–water partition coefficient (Wildman–Crippen LogP) is 6.19. The van der Waals surface area contributed by atoms with E-state index in [4.69, 9.17) is 0 Å². The first-order valence-corrected chi connectivity index (χ1v) is 19.3. The number of nitrogens with zero attached hydrogens (tertiary/aromatic N) is 2. The largest absolute Gasteiger partial charge is 0.465 e. The van der Waals surface area contributed by atoms with Crippen LogP contribution in [-0.4, -0.2) is 81.4 Å². The number of carbonyl (C=O) groups is 4. The smallest absolute Gasteiger partial charge is 0.405 e. The SMILES string of the molecule is CN(Cc1ccccc1)C(=O)N[C@H](C(=O)N[C@@H](Cc1ccccc1)[C@@H](O)C[C@@H](Cc1ccc(-c2ccccn2)cc1)NC(=O)[C@@H](NC(=O)O)C(C)(C)C)C(C)(C)C. The molecule has 4 rings (SSSR count). The van der Waals surface area contributed by atoms with Crippen molar-refractivity contribution in [1.82, 2.24) is 31.2 Å². The van der Waals surface area contributed by atoms with Gasteiger partial charge < -0.3 is 36.4 Å². The highest BCUT2D eigenvalue weighted by atomic mass is 16.4. The van der Waals surface area contributed by atoms with Gasteiger partial charge in [0, 0.05) is 31.4 Å². The van der Waals surface area contributed by atoms with E-state index in [0.29, 0.717) is 13.0 Å². The lowest BCUT2D eigenvalue weighted by Crippen LogP contribution is -2.59. The first-order valence-electron chi connectivity index (χ1n) is 19.3. The lowest BCUT2D eigenvalue weighted by molar-refractivity contribution is -0.128. The van der Waals surface area contributed by atoms with Crippen LogP contribution in [0.25, 0.3) is 11.3 Å². The second-order valence-corrected chi connectivity index (χ2v) is 16.8. The molecule has 4 aromatic rings. The number of aromatic nitrogens is 1. The molecule has 0 aliphatic rings. The molecule has 0 saturated heterocycles. The van der Waals surface area contributed by atoms with Crippen molar-refractivity contribution in [1.29, 1.82) is 0 Å². The molecule has 3 aromatic carbocycles. The highest BCUT2D eigenvalue weighted by Gasteiger charge is 2.37. The number of aliphatic hydroxyl groups is 1. The number of rotatable bonds is 16. The summed E-state index contributed by atoms with van der Waals surface area (Å²) in [5.74, 6) is -1.00. The normalized spacial score (nSPS) is 14.2. The number of benzene rings is 3. The average molecular weight is 779 g/mol. The van der Waals surface area contributed by atoms with E-state index in [-0.39, 0.29) is 12.8 Å². The number of hydrogen-bond acceptors (Lipinski definition) is 6. The quantitative estimate of drug-likeness (QED) is 0.0787. The van der Waals surface area contributed by atoms with Crippen LogP contribution in [-0.2, 0) is 29.0 Å². The van der Waals surface area contributed by atoms with Gasteiger partial charge in [-0.2, -0.15) is 0 Å². The third-order valence-corrected chi connectivity index (χ3v) is 9.76. The minimum absolute atomic E-state index is 0.0157. The van der Waals surface area contributed by atoms with E-state index in [1.165, 1.54) is 4.90 Å². The van der Waals surface area contributed by atoms with Gasteiger partial charge in [-0.05, 0) is 58.9 Å². The molecule has 0 spiro atoms.